The summed E-state index contributed by atoms with van der Waals surface area (Å²) in [5.41, 5.74) is 1.57. The van der Waals surface area contributed by atoms with Gasteiger partial charge < -0.3 is 9.47 Å². The first-order valence-corrected chi connectivity index (χ1v) is 11.6. The number of carbonyl (C=O) groups excluding carboxylic acids is 1. The van der Waals surface area contributed by atoms with Crippen molar-refractivity contribution >= 4 is 22.8 Å². The van der Waals surface area contributed by atoms with Crippen molar-refractivity contribution in [1.29, 1.82) is 5.26 Å². The van der Waals surface area contributed by atoms with E-state index >= 15 is 0 Å². The minimum absolute atomic E-state index is 0.00583. The molecule has 4 heteroatoms. The van der Waals surface area contributed by atoms with Crippen LogP contribution in [0.25, 0.3) is 16.8 Å². The van der Waals surface area contributed by atoms with E-state index in [-0.39, 0.29) is 5.92 Å². The molecule has 0 bridgehead atoms. The molecule has 4 rings (SSSR count). The van der Waals surface area contributed by atoms with Crippen LogP contribution in [0.4, 0.5) is 0 Å². The van der Waals surface area contributed by atoms with Crippen LogP contribution >= 0.6 is 0 Å². The molecule has 0 saturated carbocycles. The maximum atomic E-state index is 13.1. The van der Waals surface area contributed by atoms with E-state index in [1.54, 1.807) is 24.3 Å². The first-order valence-electron chi connectivity index (χ1n) is 11.6. The molecule has 4 nitrogen and oxygen atoms in total. The molecular formula is C31H27NO3. The van der Waals surface area contributed by atoms with Crippen molar-refractivity contribution in [3.8, 4) is 17.6 Å². The Hall–Kier alpha value is -4.36. The van der Waals surface area contributed by atoms with Crippen molar-refractivity contribution in [2.75, 3.05) is 0 Å². The van der Waals surface area contributed by atoms with Crippen molar-refractivity contribution in [2.45, 2.75) is 20.0 Å². The van der Waals surface area contributed by atoms with Crippen LogP contribution in [-0.4, -0.2) is 5.97 Å². The Balaban J connectivity index is 1.48. The minimum Gasteiger partial charge on any atom is -0.457 e. The van der Waals surface area contributed by atoms with E-state index in [0.717, 1.165) is 10.9 Å². The summed E-state index contributed by atoms with van der Waals surface area (Å²) in [5, 5.41) is 12.1. The van der Waals surface area contributed by atoms with Gasteiger partial charge in [-0.1, -0.05) is 92.7 Å². The zero-order valence-electron chi connectivity index (χ0n) is 19.8. The van der Waals surface area contributed by atoms with Gasteiger partial charge >= 0.3 is 5.97 Å². The molecule has 0 heterocycles. The van der Waals surface area contributed by atoms with Gasteiger partial charge in [-0.2, -0.15) is 5.26 Å². The largest absolute Gasteiger partial charge is 0.457 e. The lowest BCUT2D eigenvalue weighted by atomic mass is 9.94. The third-order valence-corrected chi connectivity index (χ3v) is 5.75. The number of nitriles is 1. The highest BCUT2D eigenvalue weighted by atomic mass is 16.5. The fraction of sp³-hybridized carbons (Fsp3) is 0.161. The van der Waals surface area contributed by atoms with Crippen molar-refractivity contribution < 1.29 is 14.3 Å². The number of ether oxygens (including phenoxy) is 2. The summed E-state index contributed by atoms with van der Waals surface area (Å²) in [4.78, 5) is 13.1. The van der Waals surface area contributed by atoms with Crippen LogP contribution in [0, 0.1) is 23.2 Å². The average molecular weight is 462 g/mol. The molecule has 0 N–H and O–H groups in total. The highest BCUT2D eigenvalue weighted by Gasteiger charge is 2.25. The molecule has 35 heavy (non-hydrogen) atoms. The third-order valence-electron chi connectivity index (χ3n) is 5.75. The number of fused-ring (bicyclic) bond motifs is 1. The Bertz CT molecular complexity index is 1370. The van der Waals surface area contributed by atoms with Crippen LogP contribution in [0.5, 0.6) is 11.5 Å². The average Bonchev–Trinajstić information content (AvgIpc) is 2.88. The van der Waals surface area contributed by atoms with E-state index in [4.69, 9.17) is 9.47 Å². The predicted octanol–water partition coefficient (Wildman–Crippen LogP) is 7.73. The molecule has 0 amide bonds. The summed E-state index contributed by atoms with van der Waals surface area (Å²) in [6.07, 6.45) is 2.77. The van der Waals surface area contributed by atoms with Crippen LogP contribution in [0.1, 0.15) is 31.1 Å². The van der Waals surface area contributed by atoms with E-state index in [1.165, 1.54) is 5.39 Å². The Labute approximate surface area is 206 Å². The molecule has 4 aromatic rings. The Morgan fingerprint density at radius 2 is 1.54 bits per heavy atom. The molecule has 174 valence electrons. The molecule has 0 spiro atoms. The summed E-state index contributed by atoms with van der Waals surface area (Å²) in [6, 6.07) is 32.9. The minimum atomic E-state index is -1.03. The molecule has 0 fully saturated rings. The Morgan fingerprint density at radius 1 is 0.829 bits per heavy atom. The Morgan fingerprint density at radius 3 is 2.29 bits per heavy atom. The summed E-state index contributed by atoms with van der Waals surface area (Å²) in [7, 11) is 0. The van der Waals surface area contributed by atoms with E-state index in [0.29, 0.717) is 17.1 Å². The number of carbonyl (C=O) groups is 1. The molecule has 2 atom stereocenters. The fourth-order valence-corrected chi connectivity index (χ4v) is 3.83. The van der Waals surface area contributed by atoms with Gasteiger partial charge in [0.2, 0.25) is 6.10 Å². The van der Waals surface area contributed by atoms with Crippen LogP contribution < -0.4 is 4.74 Å². The van der Waals surface area contributed by atoms with Crippen LogP contribution in [0.2, 0.25) is 0 Å². The quantitative estimate of drug-likeness (QED) is 0.252. The first kappa shape index (κ1) is 23.8. The van der Waals surface area contributed by atoms with E-state index in [1.807, 2.05) is 74.5 Å². The SMILES string of the molecule is CC(C)C(/C=C/c1ccc2ccccc2c1)C(=O)OC(C#N)c1cccc(Oc2ccccc2)c1. The number of benzene rings is 4. The highest BCUT2D eigenvalue weighted by Crippen LogP contribution is 2.28. The molecule has 4 aromatic carbocycles. The van der Waals surface area contributed by atoms with Crippen LogP contribution in [-0.2, 0) is 9.53 Å². The molecular weight excluding hydrogens is 434 g/mol. The lowest BCUT2D eigenvalue weighted by Crippen LogP contribution is -2.22. The molecule has 0 aliphatic carbocycles. The smallest absolute Gasteiger partial charge is 0.314 e. The lowest BCUT2D eigenvalue weighted by molar-refractivity contribution is -0.151. The number of hydrogen-bond donors (Lipinski definition) is 0. The van der Waals surface area contributed by atoms with Crippen molar-refractivity contribution in [2.24, 2.45) is 11.8 Å². The van der Waals surface area contributed by atoms with Gasteiger partial charge in [-0.05, 0) is 52.6 Å². The van der Waals surface area contributed by atoms with E-state index in [2.05, 4.69) is 30.3 Å². The van der Waals surface area contributed by atoms with E-state index in [9.17, 15) is 10.1 Å². The van der Waals surface area contributed by atoms with Gasteiger partial charge in [0.05, 0.1) is 5.92 Å². The van der Waals surface area contributed by atoms with Gasteiger partial charge in [0.15, 0.2) is 0 Å². The van der Waals surface area contributed by atoms with E-state index < -0.39 is 18.0 Å². The highest BCUT2D eigenvalue weighted by molar-refractivity contribution is 5.85. The molecule has 2 unspecified atom stereocenters. The number of rotatable bonds is 8. The van der Waals surface area contributed by atoms with Crippen molar-refractivity contribution in [3.63, 3.8) is 0 Å². The maximum Gasteiger partial charge on any atom is 0.314 e. The summed E-state index contributed by atoms with van der Waals surface area (Å²) >= 11 is 0. The predicted molar refractivity (Wildman–Crippen MR) is 139 cm³/mol. The van der Waals surface area contributed by atoms with Gasteiger partial charge in [-0.25, -0.2) is 0 Å². The topological polar surface area (TPSA) is 59.3 Å². The number of nitrogens with zero attached hydrogens (tertiary/aromatic N) is 1. The summed E-state index contributed by atoms with van der Waals surface area (Å²) in [6.45, 7) is 3.93. The number of para-hydroxylation sites is 1. The van der Waals surface area contributed by atoms with Crippen molar-refractivity contribution in [1.82, 2.24) is 0 Å². The lowest BCUT2D eigenvalue weighted by Gasteiger charge is -2.19. The normalized spacial score (nSPS) is 12.9. The second kappa shape index (κ2) is 11.2. The standard InChI is InChI=1S/C31H27NO3/c1-22(2)29(18-16-23-15-17-24-9-6-7-10-25(24)19-23)31(33)35-30(21-32)26-11-8-14-28(20-26)34-27-12-4-3-5-13-27/h3-20,22,29-30H,1-2H3/b18-16+. The summed E-state index contributed by atoms with van der Waals surface area (Å²) in [5.74, 6) is 0.348. The second-order valence-corrected chi connectivity index (χ2v) is 8.67. The van der Waals surface area contributed by atoms with Gasteiger partial charge in [0, 0.05) is 5.56 Å². The zero-order chi connectivity index (χ0) is 24.6. The summed E-state index contributed by atoms with van der Waals surface area (Å²) < 4.78 is 11.5. The monoisotopic (exact) mass is 461 g/mol. The van der Waals surface area contributed by atoms with Gasteiger partial charge in [0.25, 0.3) is 0 Å². The maximum absolute atomic E-state index is 13.1. The fourth-order valence-electron chi connectivity index (χ4n) is 3.83. The number of esters is 1. The molecule has 0 aromatic heterocycles. The zero-order valence-corrected chi connectivity index (χ0v) is 19.8. The molecule has 0 aliphatic heterocycles. The van der Waals surface area contributed by atoms with Crippen LogP contribution in [0.3, 0.4) is 0 Å². The van der Waals surface area contributed by atoms with Gasteiger partial charge in [-0.15, -0.1) is 0 Å². The van der Waals surface area contributed by atoms with Gasteiger partial charge in [-0.3, -0.25) is 4.79 Å². The Kier molecular flexibility index (Phi) is 7.60. The molecule has 0 saturated heterocycles. The first-order chi connectivity index (χ1) is 17.0. The molecule has 0 radical (unpaired) electrons. The van der Waals surface area contributed by atoms with Gasteiger partial charge in [0.1, 0.15) is 17.6 Å². The molecule has 0 aliphatic rings. The second-order valence-electron chi connectivity index (χ2n) is 8.67. The third kappa shape index (κ3) is 6.16. The van der Waals surface area contributed by atoms with Crippen LogP contribution in [0.15, 0.2) is 103 Å². The van der Waals surface area contributed by atoms with Crippen molar-refractivity contribution in [3.05, 3.63) is 114 Å². The number of hydrogen-bond acceptors (Lipinski definition) is 4.